The van der Waals surface area contributed by atoms with Crippen LogP contribution in [0.2, 0.25) is 0 Å². The molecular weight excluding hydrogens is 346 g/mol. The quantitative estimate of drug-likeness (QED) is 0.504. The van der Waals surface area contributed by atoms with E-state index in [1.165, 1.54) is 11.3 Å². The second-order valence-electron chi connectivity index (χ2n) is 5.99. The molecule has 2 aromatic heterocycles. The lowest BCUT2D eigenvalue weighted by atomic mass is 10.1. The maximum Gasteiger partial charge on any atom is 0.224 e. The number of phenolic OH excluding ortho intramolecular Hbond substituents is 1. The molecule has 0 fully saturated rings. The zero-order valence-corrected chi connectivity index (χ0v) is 14.7. The molecule has 3 N–H and O–H groups in total. The van der Waals surface area contributed by atoms with Crippen molar-refractivity contribution in [3.05, 3.63) is 70.7 Å². The molecule has 26 heavy (non-hydrogen) atoms. The van der Waals surface area contributed by atoms with Crippen molar-refractivity contribution in [2.24, 2.45) is 0 Å². The van der Waals surface area contributed by atoms with Crippen LogP contribution in [0.5, 0.6) is 5.75 Å². The number of hydrogen-bond donors (Lipinski definition) is 3. The van der Waals surface area contributed by atoms with Crippen molar-refractivity contribution in [1.29, 1.82) is 0 Å². The molecule has 0 aliphatic carbocycles. The van der Waals surface area contributed by atoms with Gasteiger partial charge in [0.15, 0.2) is 0 Å². The van der Waals surface area contributed by atoms with Gasteiger partial charge < -0.3 is 15.4 Å². The normalized spacial score (nSPS) is 10.9. The summed E-state index contributed by atoms with van der Waals surface area (Å²) in [7, 11) is 0. The van der Waals surface area contributed by atoms with Crippen LogP contribution in [0.3, 0.4) is 0 Å². The molecule has 130 valence electrons. The monoisotopic (exact) mass is 363 g/mol. The summed E-state index contributed by atoms with van der Waals surface area (Å²) in [4.78, 5) is 20.0. The summed E-state index contributed by atoms with van der Waals surface area (Å²) in [5.74, 6) is 0.199. The van der Waals surface area contributed by atoms with Gasteiger partial charge in [-0.3, -0.25) is 4.79 Å². The Labute approximate surface area is 154 Å². The number of aromatic nitrogens is 2. The maximum atomic E-state index is 12.3. The van der Waals surface area contributed by atoms with E-state index in [1.807, 2.05) is 48.0 Å². The number of benzene rings is 2. The highest BCUT2D eigenvalue weighted by Gasteiger charge is 2.10. The van der Waals surface area contributed by atoms with Crippen molar-refractivity contribution in [2.45, 2.75) is 13.0 Å². The van der Waals surface area contributed by atoms with Crippen LogP contribution >= 0.6 is 11.3 Å². The molecule has 0 atom stereocenters. The van der Waals surface area contributed by atoms with Crippen LogP contribution in [0.1, 0.15) is 10.6 Å². The Hall–Kier alpha value is -3.12. The molecule has 0 bridgehead atoms. The predicted octanol–water partition coefficient (Wildman–Crippen LogP) is 3.86. The second kappa shape index (κ2) is 7.01. The van der Waals surface area contributed by atoms with Crippen molar-refractivity contribution in [2.75, 3.05) is 0 Å². The molecule has 0 unspecified atom stereocenters. The van der Waals surface area contributed by atoms with Crippen LogP contribution in [-0.2, 0) is 17.8 Å². The van der Waals surface area contributed by atoms with Crippen LogP contribution in [0.25, 0.3) is 22.2 Å². The number of aromatic hydroxyl groups is 1. The largest absolute Gasteiger partial charge is 0.508 e. The number of carbonyl (C=O) groups excluding carboxylic acids is 1. The SMILES string of the molecule is O=C(Cc1c[nH]c2ccccc12)NCc1nc(-c2ccc(O)cc2)cs1. The molecule has 4 rings (SSSR count). The first-order chi connectivity index (χ1) is 12.7. The Morgan fingerprint density at radius 3 is 2.81 bits per heavy atom. The van der Waals surface area contributed by atoms with E-state index in [1.54, 1.807) is 12.1 Å². The van der Waals surface area contributed by atoms with Gasteiger partial charge >= 0.3 is 0 Å². The van der Waals surface area contributed by atoms with Gasteiger partial charge in [-0.2, -0.15) is 0 Å². The van der Waals surface area contributed by atoms with Crippen LogP contribution < -0.4 is 5.32 Å². The predicted molar refractivity (Wildman–Crippen MR) is 103 cm³/mol. The molecule has 2 aromatic carbocycles. The summed E-state index contributed by atoms with van der Waals surface area (Å²) < 4.78 is 0. The highest BCUT2D eigenvalue weighted by atomic mass is 32.1. The van der Waals surface area contributed by atoms with Crippen molar-refractivity contribution in [3.63, 3.8) is 0 Å². The lowest BCUT2D eigenvalue weighted by Gasteiger charge is -2.02. The first-order valence-electron chi connectivity index (χ1n) is 8.24. The van der Waals surface area contributed by atoms with Crippen molar-refractivity contribution in [1.82, 2.24) is 15.3 Å². The number of rotatable bonds is 5. The number of aromatic amines is 1. The number of amides is 1. The summed E-state index contributed by atoms with van der Waals surface area (Å²) >= 11 is 1.51. The van der Waals surface area contributed by atoms with E-state index in [-0.39, 0.29) is 11.7 Å². The molecule has 4 aromatic rings. The van der Waals surface area contributed by atoms with E-state index in [2.05, 4.69) is 15.3 Å². The standard InChI is InChI=1S/C20H17N3O2S/c24-15-7-5-13(6-8-15)18-12-26-20(23-18)11-22-19(25)9-14-10-21-17-4-2-1-3-16(14)17/h1-8,10,12,21,24H,9,11H2,(H,22,25). The average molecular weight is 363 g/mol. The van der Waals surface area contributed by atoms with Crippen LogP contribution in [0.15, 0.2) is 60.1 Å². The van der Waals surface area contributed by atoms with Crippen molar-refractivity contribution in [3.8, 4) is 17.0 Å². The third-order valence-corrected chi connectivity index (χ3v) is 5.03. The highest BCUT2D eigenvalue weighted by molar-refractivity contribution is 7.09. The Balaban J connectivity index is 1.38. The summed E-state index contributed by atoms with van der Waals surface area (Å²) in [5.41, 5.74) is 3.81. The number of phenols is 1. The van der Waals surface area contributed by atoms with Gasteiger partial charge in [0, 0.05) is 28.0 Å². The number of nitrogens with one attached hydrogen (secondary N) is 2. The van der Waals surface area contributed by atoms with Gasteiger partial charge in [0.1, 0.15) is 10.8 Å². The van der Waals surface area contributed by atoms with Gasteiger partial charge in [0.25, 0.3) is 0 Å². The maximum absolute atomic E-state index is 12.3. The number of carbonyl (C=O) groups is 1. The molecule has 0 saturated heterocycles. The fourth-order valence-electron chi connectivity index (χ4n) is 2.84. The third kappa shape index (κ3) is 3.45. The Bertz CT molecular complexity index is 1050. The van der Waals surface area contributed by atoms with Crippen LogP contribution in [0, 0.1) is 0 Å². The van der Waals surface area contributed by atoms with Gasteiger partial charge in [-0.1, -0.05) is 18.2 Å². The fourth-order valence-corrected chi connectivity index (χ4v) is 3.59. The highest BCUT2D eigenvalue weighted by Crippen LogP contribution is 2.24. The first kappa shape index (κ1) is 16.4. The van der Waals surface area contributed by atoms with Crippen LogP contribution in [-0.4, -0.2) is 21.0 Å². The molecule has 1 amide bonds. The molecule has 6 heteroatoms. The fraction of sp³-hybridized carbons (Fsp3) is 0.100. The Kier molecular flexibility index (Phi) is 4.41. The first-order valence-corrected chi connectivity index (χ1v) is 9.12. The lowest BCUT2D eigenvalue weighted by Crippen LogP contribution is -2.24. The van der Waals surface area contributed by atoms with E-state index < -0.39 is 0 Å². The number of para-hydroxylation sites is 1. The Morgan fingerprint density at radius 2 is 1.96 bits per heavy atom. The van der Waals surface area contributed by atoms with Crippen molar-refractivity contribution >= 4 is 28.1 Å². The number of thiazole rings is 1. The summed E-state index contributed by atoms with van der Waals surface area (Å²) in [6.45, 7) is 0.407. The van der Waals surface area contributed by atoms with E-state index in [9.17, 15) is 9.90 Å². The molecular formula is C20H17N3O2S. The zero-order valence-electron chi connectivity index (χ0n) is 13.9. The summed E-state index contributed by atoms with van der Waals surface area (Å²) in [6, 6.07) is 14.9. The Morgan fingerprint density at radius 1 is 1.15 bits per heavy atom. The summed E-state index contributed by atoms with van der Waals surface area (Å²) in [5, 5.41) is 16.2. The number of nitrogens with zero attached hydrogens (tertiary/aromatic N) is 1. The molecule has 0 spiro atoms. The third-order valence-electron chi connectivity index (χ3n) is 4.18. The van der Waals surface area contributed by atoms with E-state index in [0.717, 1.165) is 32.7 Å². The van der Waals surface area contributed by atoms with Gasteiger partial charge in [0.05, 0.1) is 18.7 Å². The van der Waals surface area contributed by atoms with E-state index in [4.69, 9.17) is 0 Å². The van der Waals surface area contributed by atoms with Crippen LogP contribution in [0.4, 0.5) is 0 Å². The minimum absolute atomic E-state index is 0.0314. The molecule has 0 aliphatic heterocycles. The van der Waals surface area contributed by atoms with Gasteiger partial charge in [0.2, 0.25) is 5.91 Å². The lowest BCUT2D eigenvalue weighted by molar-refractivity contribution is -0.120. The smallest absolute Gasteiger partial charge is 0.224 e. The number of hydrogen-bond acceptors (Lipinski definition) is 4. The minimum atomic E-state index is -0.0314. The molecule has 5 nitrogen and oxygen atoms in total. The second-order valence-corrected chi connectivity index (χ2v) is 6.93. The number of fused-ring (bicyclic) bond motifs is 1. The molecule has 0 saturated carbocycles. The zero-order chi connectivity index (χ0) is 17.9. The van der Waals surface area contributed by atoms with E-state index in [0.29, 0.717) is 13.0 Å². The van der Waals surface area contributed by atoms with Gasteiger partial charge in [-0.15, -0.1) is 11.3 Å². The molecule has 2 heterocycles. The minimum Gasteiger partial charge on any atom is -0.508 e. The topological polar surface area (TPSA) is 78.0 Å². The van der Waals surface area contributed by atoms with E-state index >= 15 is 0 Å². The average Bonchev–Trinajstić information content (AvgIpc) is 3.28. The molecule has 0 radical (unpaired) electrons. The molecule has 0 aliphatic rings. The van der Waals surface area contributed by atoms with Gasteiger partial charge in [-0.25, -0.2) is 4.98 Å². The van der Waals surface area contributed by atoms with Crippen molar-refractivity contribution < 1.29 is 9.90 Å². The number of H-pyrrole nitrogens is 1. The summed E-state index contributed by atoms with van der Waals surface area (Å²) in [6.07, 6.45) is 2.22. The van der Waals surface area contributed by atoms with Gasteiger partial charge in [-0.05, 0) is 35.9 Å².